The molecule has 1 unspecified atom stereocenters. The van der Waals surface area contributed by atoms with Crippen molar-refractivity contribution < 1.29 is 4.74 Å². The van der Waals surface area contributed by atoms with Gasteiger partial charge in [-0.2, -0.15) is 5.26 Å². The van der Waals surface area contributed by atoms with Gasteiger partial charge in [0, 0.05) is 24.7 Å². The lowest BCUT2D eigenvalue weighted by molar-refractivity contribution is -0.0602. The van der Waals surface area contributed by atoms with Crippen molar-refractivity contribution in [3.63, 3.8) is 0 Å². The number of nitriles is 1. The summed E-state index contributed by atoms with van der Waals surface area (Å²) in [5, 5.41) is 13.3. The van der Waals surface area contributed by atoms with Gasteiger partial charge in [-0.3, -0.25) is 10.2 Å². The molecule has 4 nitrogen and oxygen atoms in total. The van der Waals surface area contributed by atoms with Gasteiger partial charge in [0.15, 0.2) is 0 Å². The fourth-order valence-electron chi connectivity index (χ4n) is 3.03. The third-order valence-electron chi connectivity index (χ3n) is 4.28. The summed E-state index contributed by atoms with van der Waals surface area (Å²) in [6.07, 6.45) is 2.36. The largest absolute Gasteiger partial charge is 0.378 e. The quantitative estimate of drug-likeness (QED) is 0.823. The molecule has 0 amide bonds. The Labute approximate surface area is 117 Å². The molecule has 19 heavy (non-hydrogen) atoms. The molecule has 0 aromatic carbocycles. The second kappa shape index (κ2) is 5.40. The predicted molar refractivity (Wildman–Crippen MR) is 75.8 cm³/mol. The standard InChI is InChI=1S/C15H27N3O/c1-12(2)17-15(9-16,13-5-6-13)10-18-7-8-19-11-14(18,3)4/h12-13,17H,5-8,10-11H2,1-4H3. The Bertz CT molecular complexity index is 357. The van der Waals surface area contributed by atoms with Gasteiger partial charge in [0.1, 0.15) is 5.54 Å². The maximum atomic E-state index is 9.77. The molecule has 1 aliphatic heterocycles. The number of hydrogen-bond acceptors (Lipinski definition) is 4. The topological polar surface area (TPSA) is 48.3 Å². The van der Waals surface area contributed by atoms with Gasteiger partial charge in [0.25, 0.3) is 0 Å². The van der Waals surface area contributed by atoms with Crippen LogP contribution in [-0.4, -0.2) is 48.3 Å². The van der Waals surface area contributed by atoms with Crippen molar-refractivity contribution >= 4 is 0 Å². The highest BCUT2D eigenvalue weighted by Crippen LogP contribution is 2.41. The van der Waals surface area contributed by atoms with Crippen LogP contribution in [0.5, 0.6) is 0 Å². The third kappa shape index (κ3) is 3.28. The van der Waals surface area contributed by atoms with Crippen molar-refractivity contribution in [3.8, 4) is 6.07 Å². The molecule has 1 N–H and O–H groups in total. The van der Waals surface area contributed by atoms with Crippen LogP contribution >= 0.6 is 0 Å². The van der Waals surface area contributed by atoms with Gasteiger partial charge in [0.05, 0.1) is 19.3 Å². The van der Waals surface area contributed by atoms with Crippen LogP contribution in [0.1, 0.15) is 40.5 Å². The average Bonchev–Trinajstić information content (AvgIpc) is 3.14. The van der Waals surface area contributed by atoms with E-state index in [4.69, 9.17) is 4.74 Å². The molecule has 2 fully saturated rings. The van der Waals surface area contributed by atoms with Gasteiger partial charge in [-0.25, -0.2) is 0 Å². The van der Waals surface area contributed by atoms with Crippen molar-refractivity contribution in [3.05, 3.63) is 0 Å². The Morgan fingerprint density at radius 3 is 2.63 bits per heavy atom. The van der Waals surface area contributed by atoms with E-state index >= 15 is 0 Å². The van der Waals surface area contributed by atoms with Crippen molar-refractivity contribution in [1.29, 1.82) is 5.26 Å². The van der Waals surface area contributed by atoms with Crippen LogP contribution in [0, 0.1) is 17.2 Å². The lowest BCUT2D eigenvalue weighted by Crippen LogP contribution is -2.63. The van der Waals surface area contributed by atoms with Gasteiger partial charge in [0.2, 0.25) is 0 Å². The number of nitrogens with one attached hydrogen (secondary N) is 1. The minimum absolute atomic E-state index is 0.0217. The van der Waals surface area contributed by atoms with Gasteiger partial charge < -0.3 is 4.74 Å². The zero-order valence-electron chi connectivity index (χ0n) is 12.7. The van der Waals surface area contributed by atoms with E-state index in [0.29, 0.717) is 12.0 Å². The highest BCUT2D eigenvalue weighted by atomic mass is 16.5. The van der Waals surface area contributed by atoms with Crippen LogP contribution in [-0.2, 0) is 4.74 Å². The fourth-order valence-corrected chi connectivity index (χ4v) is 3.03. The number of hydrogen-bond donors (Lipinski definition) is 1. The Kier molecular flexibility index (Phi) is 4.20. The summed E-state index contributed by atoms with van der Waals surface area (Å²) in [6, 6.07) is 2.94. The number of morpholine rings is 1. The van der Waals surface area contributed by atoms with Crippen LogP contribution in [0.4, 0.5) is 0 Å². The van der Waals surface area contributed by atoms with Crippen molar-refractivity contribution in [2.75, 3.05) is 26.3 Å². The van der Waals surface area contributed by atoms with Gasteiger partial charge in [-0.05, 0) is 46.5 Å². The van der Waals surface area contributed by atoms with Crippen LogP contribution in [0.15, 0.2) is 0 Å². The third-order valence-corrected chi connectivity index (χ3v) is 4.28. The normalized spacial score (nSPS) is 26.9. The molecule has 108 valence electrons. The molecule has 1 saturated heterocycles. The lowest BCUT2D eigenvalue weighted by atomic mass is 9.90. The molecule has 1 heterocycles. The molecule has 1 aliphatic carbocycles. The first kappa shape index (κ1) is 14.8. The molecule has 4 heteroatoms. The molecule has 1 atom stereocenters. The zero-order valence-corrected chi connectivity index (χ0v) is 12.7. The van der Waals surface area contributed by atoms with E-state index in [0.717, 1.165) is 26.3 Å². The molecule has 0 radical (unpaired) electrons. The van der Waals surface area contributed by atoms with Crippen LogP contribution in [0.3, 0.4) is 0 Å². The van der Waals surface area contributed by atoms with Gasteiger partial charge in [-0.1, -0.05) is 0 Å². The predicted octanol–water partition coefficient (Wildman–Crippen LogP) is 1.77. The summed E-state index contributed by atoms with van der Waals surface area (Å²) in [4.78, 5) is 2.42. The SMILES string of the molecule is CC(C)NC(C#N)(CN1CCOCC1(C)C)C1CC1. The first-order valence-electron chi connectivity index (χ1n) is 7.41. The van der Waals surface area contributed by atoms with Gasteiger partial charge >= 0.3 is 0 Å². The Morgan fingerprint density at radius 1 is 1.47 bits per heavy atom. The van der Waals surface area contributed by atoms with E-state index in [2.05, 4.69) is 44.0 Å². The smallest absolute Gasteiger partial charge is 0.122 e. The maximum Gasteiger partial charge on any atom is 0.122 e. The summed E-state index contributed by atoms with van der Waals surface area (Å²) < 4.78 is 5.58. The van der Waals surface area contributed by atoms with E-state index in [-0.39, 0.29) is 11.1 Å². The second-order valence-corrected chi connectivity index (χ2v) is 6.94. The molecular weight excluding hydrogens is 238 g/mol. The zero-order chi connectivity index (χ0) is 14.1. The molecular formula is C15H27N3O. The minimum Gasteiger partial charge on any atom is -0.378 e. The molecule has 1 saturated carbocycles. The Hall–Kier alpha value is -0.630. The lowest BCUT2D eigenvalue weighted by Gasteiger charge is -2.46. The maximum absolute atomic E-state index is 9.77. The molecule has 0 aromatic heterocycles. The number of rotatable bonds is 5. The molecule has 2 aliphatic rings. The summed E-state index contributed by atoms with van der Waals surface area (Å²) in [6.45, 7) is 11.9. The Balaban J connectivity index is 2.13. The number of ether oxygens (including phenoxy) is 1. The summed E-state index contributed by atoms with van der Waals surface area (Å²) in [5.41, 5.74) is -0.364. The highest BCUT2D eigenvalue weighted by Gasteiger charge is 2.48. The number of nitrogens with zero attached hydrogens (tertiary/aromatic N) is 2. The molecule has 0 spiro atoms. The first-order chi connectivity index (χ1) is 8.89. The summed E-state index contributed by atoms with van der Waals surface area (Å²) in [7, 11) is 0. The molecule has 2 rings (SSSR count). The van der Waals surface area contributed by atoms with E-state index in [1.165, 1.54) is 12.8 Å². The summed E-state index contributed by atoms with van der Waals surface area (Å²) >= 11 is 0. The first-order valence-corrected chi connectivity index (χ1v) is 7.41. The van der Waals surface area contributed by atoms with E-state index < -0.39 is 0 Å². The van der Waals surface area contributed by atoms with Crippen molar-refractivity contribution in [2.45, 2.75) is 57.7 Å². The second-order valence-electron chi connectivity index (χ2n) is 6.94. The van der Waals surface area contributed by atoms with Crippen molar-refractivity contribution in [2.24, 2.45) is 5.92 Å². The van der Waals surface area contributed by atoms with Crippen molar-refractivity contribution in [1.82, 2.24) is 10.2 Å². The van der Waals surface area contributed by atoms with Crippen LogP contribution in [0.25, 0.3) is 0 Å². The highest BCUT2D eigenvalue weighted by molar-refractivity contribution is 5.18. The monoisotopic (exact) mass is 265 g/mol. The molecule has 0 aromatic rings. The van der Waals surface area contributed by atoms with Crippen LogP contribution in [0.2, 0.25) is 0 Å². The van der Waals surface area contributed by atoms with E-state index in [1.807, 2.05) is 0 Å². The van der Waals surface area contributed by atoms with E-state index in [9.17, 15) is 5.26 Å². The van der Waals surface area contributed by atoms with Gasteiger partial charge in [-0.15, -0.1) is 0 Å². The van der Waals surface area contributed by atoms with E-state index in [1.54, 1.807) is 0 Å². The molecule has 0 bridgehead atoms. The Morgan fingerprint density at radius 2 is 2.16 bits per heavy atom. The van der Waals surface area contributed by atoms with Crippen LogP contribution < -0.4 is 5.32 Å². The average molecular weight is 265 g/mol. The summed E-state index contributed by atoms with van der Waals surface area (Å²) in [5.74, 6) is 0.513. The fraction of sp³-hybridized carbons (Fsp3) is 0.933. The minimum atomic E-state index is -0.386.